The molecule has 1 unspecified atom stereocenters. The number of rotatable bonds is 5. The summed E-state index contributed by atoms with van der Waals surface area (Å²) in [5.41, 5.74) is 5.49. The molecule has 1 saturated heterocycles. The van der Waals surface area contributed by atoms with Crippen molar-refractivity contribution in [2.45, 2.75) is 26.3 Å². The zero-order chi connectivity index (χ0) is 20.1. The summed E-state index contributed by atoms with van der Waals surface area (Å²) in [6.45, 7) is 4.70. The fraction of sp³-hybridized carbons (Fsp3) is 0.280. The van der Waals surface area contributed by atoms with Crippen LogP contribution >= 0.6 is 0 Å². The fourth-order valence-corrected chi connectivity index (χ4v) is 3.93. The number of amides is 1. The second-order valence-electron chi connectivity index (χ2n) is 7.77. The number of anilines is 1. The van der Waals surface area contributed by atoms with Crippen molar-refractivity contribution < 1.29 is 4.79 Å². The number of aryl methyl sites for hydroxylation is 1. The van der Waals surface area contributed by atoms with Crippen molar-refractivity contribution in [1.29, 1.82) is 0 Å². The molecule has 1 atom stereocenters. The van der Waals surface area contributed by atoms with Crippen LogP contribution in [0, 0.1) is 12.8 Å². The van der Waals surface area contributed by atoms with E-state index in [9.17, 15) is 4.79 Å². The topological polar surface area (TPSA) is 45.2 Å². The van der Waals surface area contributed by atoms with Crippen molar-refractivity contribution in [2.24, 2.45) is 5.92 Å². The van der Waals surface area contributed by atoms with Gasteiger partial charge in [0.05, 0.1) is 11.6 Å². The largest absolute Gasteiger partial charge is 0.326 e. The van der Waals surface area contributed by atoms with Gasteiger partial charge in [0, 0.05) is 25.0 Å². The molecule has 0 bridgehead atoms. The van der Waals surface area contributed by atoms with E-state index >= 15 is 0 Å². The zero-order valence-electron chi connectivity index (χ0n) is 16.8. The van der Waals surface area contributed by atoms with Gasteiger partial charge < -0.3 is 5.32 Å². The highest BCUT2D eigenvalue weighted by molar-refractivity contribution is 5.93. The van der Waals surface area contributed by atoms with Crippen molar-refractivity contribution in [3.63, 3.8) is 0 Å². The molecule has 1 fully saturated rings. The molecule has 1 aromatic heterocycles. The molecule has 1 aliphatic heterocycles. The molecule has 1 aliphatic rings. The van der Waals surface area contributed by atoms with Gasteiger partial charge in [0.15, 0.2) is 0 Å². The minimum absolute atomic E-state index is 0.0153. The number of aromatic nitrogens is 1. The quantitative estimate of drug-likeness (QED) is 0.679. The van der Waals surface area contributed by atoms with Gasteiger partial charge in [-0.25, -0.2) is 0 Å². The van der Waals surface area contributed by atoms with Crippen LogP contribution in [0.4, 0.5) is 5.69 Å². The molecule has 4 nitrogen and oxygen atoms in total. The summed E-state index contributed by atoms with van der Waals surface area (Å²) in [6, 6.07) is 22.4. The van der Waals surface area contributed by atoms with Gasteiger partial charge in [-0.2, -0.15) is 0 Å². The number of benzene rings is 2. The van der Waals surface area contributed by atoms with E-state index in [0.717, 1.165) is 49.4 Å². The molecule has 29 heavy (non-hydrogen) atoms. The Morgan fingerprint density at radius 1 is 1.03 bits per heavy atom. The third kappa shape index (κ3) is 4.90. The van der Waals surface area contributed by atoms with Crippen molar-refractivity contribution in [3.8, 4) is 11.1 Å². The van der Waals surface area contributed by atoms with Gasteiger partial charge >= 0.3 is 0 Å². The van der Waals surface area contributed by atoms with Crippen LogP contribution in [-0.4, -0.2) is 28.9 Å². The van der Waals surface area contributed by atoms with Gasteiger partial charge in [-0.15, -0.1) is 0 Å². The number of nitrogens with zero attached hydrogens (tertiary/aromatic N) is 2. The molecule has 2 heterocycles. The Balaban J connectivity index is 1.36. The first-order chi connectivity index (χ1) is 14.2. The molecule has 1 amide bonds. The Bertz CT molecular complexity index is 953. The molecule has 0 saturated carbocycles. The number of likely N-dealkylation sites (tertiary alicyclic amines) is 1. The first-order valence-electron chi connectivity index (χ1n) is 10.3. The lowest BCUT2D eigenvalue weighted by Crippen LogP contribution is -2.40. The Kier molecular flexibility index (Phi) is 6.01. The molecule has 4 heteroatoms. The van der Waals surface area contributed by atoms with E-state index in [1.54, 1.807) is 0 Å². The molecule has 4 rings (SSSR count). The van der Waals surface area contributed by atoms with Crippen LogP contribution in [0.3, 0.4) is 0 Å². The highest BCUT2D eigenvalue weighted by Gasteiger charge is 2.26. The molecule has 0 spiro atoms. The number of pyridine rings is 1. The Labute approximate surface area is 172 Å². The van der Waals surface area contributed by atoms with E-state index in [2.05, 4.69) is 52.5 Å². The summed E-state index contributed by atoms with van der Waals surface area (Å²) >= 11 is 0. The molecule has 148 valence electrons. The van der Waals surface area contributed by atoms with Crippen LogP contribution < -0.4 is 5.32 Å². The van der Waals surface area contributed by atoms with Crippen LogP contribution in [0.15, 0.2) is 72.9 Å². The standard InChI is InChI=1S/C25H27N3O/c1-19-7-5-15-26-24(19)18-28-16-6-10-22(17-28)25(29)27-23-13-11-21(12-14-23)20-8-3-2-4-9-20/h2-5,7-9,11-15,22H,6,10,16-18H2,1H3,(H,27,29). The third-order valence-electron chi connectivity index (χ3n) is 5.63. The number of hydrogen-bond donors (Lipinski definition) is 1. The number of hydrogen-bond acceptors (Lipinski definition) is 3. The second-order valence-corrected chi connectivity index (χ2v) is 7.77. The number of carbonyl (C=O) groups excluding carboxylic acids is 1. The fourth-order valence-electron chi connectivity index (χ4n) is 3.93. The minimum atomic E-state index is 0.0153. The summed E-state index contributed by atoms with van der Waals surface area (Å²) in [5.74, 6) is 0.126. The second kappa shape index (κ2) is 9.01. The smallest absolute Gasteiger partial charge is 0.228 e. The molecular weight excluding hydrogens is 358 g/mol. The molecule has 0 radical (unpaired) electrons. The molecule has 1 N–H and O–H groups in total. The molecule has 0 aliphatic carbocycles. The third-order valence-corrected chi connectivity index (χ3v) is 5.63. The number of carbonyl (C=O) groups is 1. The Hall–Kier alpha value is -2.98. The first-order valence-corrected chi connectivity index (χ1v) is 10.3. The SMILES string of the molecule is Cc1cccnc1CN1CCCC(C(=O)Nc2ccc(-c3ccccc3)cc2)C1. The zero-order valence-corrected chi connectivity index (χ0v) is 16.8. The first kappa shape index (κ1) is 19.3. The summed E-state index contributed by atoms with van der Waals surface area (Å²) in [5, 5.41) is 3.10. The Morgan fingerprint density at radius 2 is 1.79 bits per heavy atom. The van der Waals surface area contributed by atoms with Crippen LogP contribution in [0.1, 0.15) is 24.1 Å². The van der Waals surface area contributed by atoms with Crippen molar-refractivity contribution in [2.75, 3.05) is 18.4 Å². The van der Waals surface area contributed by atoms with Gasteiger partial charge in [0.1, 0.15) is 0 Å². The lowest BCUT2D eigenvalue weighted by Gasteiger charge is -2.32. The van der Waals surface area contributed by atoms with E-state index in [1.165, 1.54) is 11.1 Å². The lowest BCUT2D eigenvalue weighted by molar-refractivity contribution is -0.121. The van der Waals surface area contributed by atoms with Crippen molar-refractivity contribution in [3.05, 3.63) is 84.2 Å². The summed E-state index contributed by atoms with van der Waals surface area (Å²) < 4.78 is 0. The monoisotopic (exact) mass is 385 g/mol. The molecule has 2 aromatic carbocycles. The normalized spacial score (nSPS) is 17.1. The highest BCUT2D eigenvalue weighted by Crippen LogP contribution is 2.23. The lowest BCUT2D eigenvalue weighted by atomic mass is 9.96. The average Bonchev–Trinajstić information content (AvgIpc) is 2.77. The van der Waals surface area contributed by atoms with Crippen LogP contribution in [-0.2, 0) is 11.3 Å². The van der Waals surface area contributed by atoms with Crippen molar-refractivity contribution in [1.82, 2.24) is 9.88 Å². The van der Waals surface area contributed by atoms with Gasteiger partial charge in [0.25, 0.3) is 0 Å². The Morgan fingerprint density at radius 3 is 2.55 bits per heavy atom. The van der Waals surface area contributed by atoms with Crippen molar-refractivity contribution >= 4 is 11.6 Å². The van der Waals surface area contributed by atoms with Gasteiger partial charge in [0.2, 0.25) is 5.91 Å². The van der Waals surface area contributed by atoms with Gasteiger partial charge in [-0.05, 0) is 61.2 Å². The summed E-state index contributed by atoms with van der Waals surface area (Å²) in [4.78, 5) is 19.7. The van der Waals surface area contributed by atoms with E-state index in [1.807, 2.05) is 42.6 Å². The van der Waals surface area contributed by atoms with E-state index in [0.29, 0.717) is 0 Å². The maximum atomic E-state index is 12.8. The van der Waals surface area contributed by atoms with Crippen LogP contribution in [0.2, 0.25) is 0 Å². The minimum Gasteiger partial charge on any atom is -0.326 e. The summed E-state index contributed by atoms with van der Waals surface area (Å²) in [7, 11) is 0. The van der Waals surface area contributed by atoms with E-state index in [4.69, 9.17) is 0 Å². The summed E-state index contributed by atoms with van der Waals surface area (Å²) in [6.07, 6.45) is 3.82. The van der Waals surface area contributed by atoms with E-state index in [-0.39, 0.29) is 11.8 Å². The highest BCUT2D eigenvalue weighted by atomic mass is 16.1. The number of nitrogens with one attached hydrogen (secondary N) is 1. The molecule has 3 aromatic rings. The predicted molar refractivity (Wildman–Crippen MR) is 117 cm³/mol. The average molecular weight is 386 g/mol. The maximum Gasteiger partial charge on any atom is 0.228 e. The maximum absolute atomic E-state index is 12.8. The van der Waals surface area contributed by atoms with E-state index < -0.39 is 0 Å². The van der Waals surface area contributed by atoms with Gasteiger partial charge in [-0.1, -0.05) is 48.5 Å². The van der Waals surface area contributed by atoms with Crippen LogP contribution in [0.25, 0.3) is 11.1 Å². The van der Waals surface area contributed by atoms with Crippen LogP contribution in [0.5, 0.6) is 0 Å². The number of piperidine rings is 1. The molecular formula is C25H27N3O. The van der Waals surface area contributed by atoms with Gasteiger partial charge in [-0.3, -0.25) is 14.7 Å². The predicted octanol–water partition coefficient (Wildman–Crippen LogP) is 4.91.